The predicted molar refractivity (Wildman–Crippen MR) is 67.7 cm³/mol. The van der Waals surface area contributed by atoms with Crippen molar-refractivity contribution in [3.63, 3.8) is 0 Å². The molecule has 0 amide bonds. The third-order valence-corrected chi connectivity index (χ3v) is 3.52. The van der Waals surface area contributed by atoms with E-state index < -0.39 is 23.0 Å². The van der Waals surface area contributed by atoms with Crippen molar-refractivity contribution in [3.05, 3.63) is 35.4 Å². The second-order valence-electron chi connectivity index (χ2n) is 3.99. The lowest BCUT2D eigenvalue weighted by atomic mass is 9.78. The van der Waals surface area contributed by atoms with Crippen molar-refractivity contribution in [1.29, 1.82) is 0 Å². The fraction of sp³-hybridized carbons (Fsp3) is 0.417. The molecular weight excluding hydrogens is 260 g/mol. The maximum Gasteiger partial charge on any atom is 0.315 e. The molecule has 100 valence electrons. The molecule has 0 aliphatic heterocycles. The number of benzene rings is 1. The number of nitrogens with two attached hydrogens (primary N) is 1. The molecule has 1 aromatic rings. The molecule has 1 rings (SSSR count). The van der Waals surface area contributed by atoms with Crippen molar-refractivity contribution in [2.45, 2.75) is 11.8 Å². The molecule has 3 nitrogen and oxygen atoms in total. The minimum atomic E-state index is -1.44. The first kappa shape index (κ1) is 14.9. The molecule has 0 fully saturated rings. The minimum Gasteiger partial charge on any atom is -0.481 e. The Morgan fingerprint density at radius 2 is 1.94 bits per heavy atom. The summed E-state index contributed by atoms with van der Waals surface area (Å²) in [5.74, 6) is -2.22. The Morgan fingerprint density at radius 1 is 1.39 bits per heavy atom. The van der Waals surface area contributed by atoms with Gasteiger partial charge in [0.15, 0.2) is 0 Å². The third-order valence-electron chi connectivity index (χ3n) is 2.91. The second kappa shape index (κ2) is 6.15. The van der Waals surface area contributed by atoms with Crippen LogP contribution in [-0.2, 0) is 10.2 Å². The van der Waals surface area contributed by atoms with Gasteiger partial charge in [-0.3, -0.25) is 4.79 Å². The van der Waals surface area contributed by atoms with Crippen LogP contribution in [0.1, 0.15) is 12.0 Å². The summed E-state index contributed by atoms with van der Waals surface area (Å²) >= 11 is 1.46. The molecule has 18 heavy (non-hydrogen) atoms. The molecule has 0 heterocycles. The van der Waals surface area contributed by atoms with Gasteiger partial charge < -0.3 is 10.8 Å². The van der Waals surface area contributed by atoms with E-state index in [4.69, 9.17) is 5.73 Å². The first-order valence-electron chi connectivity index (χ1n) is 5.35. The Labute approximate surface area is 108 Å². The largest absolute Gasteiger partial charge is 0.481 e. The molecule has 0 aliphatic rings. The van der Waals surface area contributed by atoms with E-state index in [1.807, 2.05) is 6.26 Å². The van der Waals surface area contributed by atoms with Crippen molar-refractivity contribution < 1.29 is 18.7 Å². The average Bonchev–Trinajstić information content (AvgIpc) is 2.29. The monoisotopic (exact) mass is 275 g/mol. The molecule has 0 radical (unpaired) electrons. The van der Waals surface area contributed by atoms with Crippen LogP contribution < -0.4 is 5.73 Å². The summed E-state index contributed by atoms with van der Waals surface area (Å²) in [7, 11) is 0. The number of carboxylic acid groups (broad SMARTS) is 1. The predicted octanol–water partition coefficient (Wildman–Crippen LogP) is 2.00. The van der Waals surface area contributed by atoms with Gasteiger partial charge in [0.2, 0.25) is 0 Å². The first-order valence-corrected chi connectivity index (χ1v) is 6.74. The molecule has 3 N–H and O–H groups in total. The number of halogens is 2. The van der Waals surface area contributed by atoms with Crippen LogP contribution in [-0.4, -0.2) is 29.6 Å². The van der Waals surface area contributed by atoms with Crippen LogP contribution in [0.25, 0.3) is 0 Å². The molecule has 6 heteroatoms. The molecular formula is C12H15F2NO2S. The van der Waals surface area contributed by atoms with E-state index in [2.05, 4.69) is 0 Å². The van der Waals surface area contributed by atoms with Crippen LogP contribution in [0, 0.1) is 11.6 Å². The summed E-state index contributed by atoms with van der Waals surface area (Å²) < 4.78 is 26.4. The summed E-state index contributed by atoms with van der Waals surface area (Å²) in [6.07, 6.45) is 2.05. The van der Waals surface area contributed by atoms with Gasteiger partial charge in [-0.2, -0.15) is 11.8 Å². The van der Waals surface area contributed by atoms with Gasteiger partial charge in [0.25, 0.3) is 0 Å². The smallest absolute Gasteiger partial charge is 0.315 e. The molecule has 0 saturated heterocycles. The van der Waals surface area contributed by atoms with Gasteiger partial charge >= 0.3 is 5.97 Å². The highest BCUT2D eigenvalue weighted by Crippen LogP contribution is 2.30. The Balaban J connectivity index is 3.27. The van der Waals surface area contributed by atoms with E-state index >= 15 is 0 Å². The van der Waals surface area contributed by atoms with Crippen molar-refractivity contribution in [2.24, 2.45) is 5.73 Å². The highest BCUT2D eigenvalue weighted by atomic mass is 32.2. The lowest BCUT2D eigenvalue weighted by molar-refractivity contribution is -0.143. The number of carboxylic acids is 1. The number of rotatable bonds is 6. The van der Waals surface area contributed by atoms with Crippen molar-refractivity contribution in [3.8, 4) is 0 Å². The SMILES string of the molecule is CSCCC(CN)(C(=O)O)c1cc(F)cc(F)c1. The number of aliphatic carboxylic acids is 1. The Kier molecular flexibility index (Phi) is 5.10. The number of hydrogen-bond acceptors (Lipinski definition) is 3. The van der Waals surface area contributed by atoms with Crippen LogP contribution >= 0.6 is 11.8 Å². The van der Waals surface area contributed by atoms with Gasteiger partial charge in [0.1, 0.15) is 17.0 Å². The van der Waals surface area contributed by atoms with Gasteiger partial charge in [0.05, 0.1) is 0 Å². The average molecular weight is 275 g/mol. The van der Waals surface area contributed by atoms with Gasteiger partial charge in [-0.05, 0) is 36.1 Å². The van der Waals surface area contributed by atoms with Crippen LogP contribution in [0.5, 0.6) is 0 Å². The van der Waals surface area contributed by atoms with Crippen LogP contribution in [0.15, 0.2) is 18.2 Å². The van der Waals surface area contributed by atoms with Gasteiger partial charge in [-0.1, -0.05) is 0 Å². The van der Waals surface area contributed by atoms with Gasteiger partial charge in [-0.15, -0.1) is 0 Å². The van der Waals surface area contributed by atoms with Gasteiger partial charge in [0, 0.05) is 12.6 Å². The standard InChI is InChI=1S/C12H15F2NO2S/c1-18-3-2-12(7-15,11(16)17)8-4-9(13)6-10(14)5-8/h4-6H,2-3,7,15H2,1H3,(H,16,17). The summed E-state index contributed by atoms with van der Waals surface area (Å²) in [6.45, 7) is -0.203. The summed E-state index contributed by atoms with van der Waals surface area (Å²) in [5, 5.41) is 9.35. The Hall–Kier alpha value is -1.14. The van der Waals surface area contributed by atoms with E-state index in [0.29, 0.717) is 11.8 Å². The van der Waals surface area contributed by atoms with Crippen LogP contribution in [0.2, 0.25) is 0 Å². The number of carbonyl (C=O) groups is 1. The van der Waals surface area contributed by atoms with E-state index in [0.717, 1.165) is 12.1 Å². The van der Waals surface area contributed by atoms with Crippen molar-refractivity contribution >= 4 is 17.7 Å². The zero-order chi connectivity index (χ0) is 13.8. The first-order chi connectivity index (χ1) is 8.46. The van der Waals surface area contributed by atoms with Crippen molar-refractivity contribution in [1.82, 2.24) is 0 Å². The second-order valence-corrected chi connectivity index (χ2v) is 4.98. The quantitative estimate of drug-likeness (QED) is 0.833. The maximum atomic E-state index is 13.2. The fourth-order valence-electron chi connectivity index (χ4n) is 1.79. The summed E-state index contributed by atoms with van der Waals surface area (Å²) in [4.78, 5) is 11.4. The molecule has 0 aliphatic carbocycles. The molecule has 1 aromatic carbocycles. The molecule has 1 atom stereocenters. The molecule has 0 aromatic heterocycles. The Bertz CT molecular complexity index is 422. The molecule has 0 saturated carbocycles. The topological polar surface area (TPSA) is 63.3 Å². The lowest BCUT2D eigenvalue weighted by Gasteiger charge is -2.28. The maximum absolute atomic E-state index is 13.2. The Morgan fingerprint density at radius 3 is 2.33 bits per heavy atom. The molecule has 1 unspecified atom stereocenters. The lowest BCUT2D eigenvalue weighted by Crippen LogP contribution is -2.43. The van der Waals surface area contributed by atoms with E-state index in [1.165, 1.54) is 11.8 Å². The molecule has 0 bridgehead atoms. The zero-order valence-corrected chi connectivity index (χ0v) is 10.8. The summed E-state index contributed by atoms with van der Waals surface area (Å²) in [6, 6.07) is 2.77. The van der Waals surface area contributed by atoms with E-state index in [1.54, 1.807) is 0 Å². The van der Waals surface area contributed by atoms with Crippen LogP contribution in [0.3, 0.4) is 0 Å². The molecule has 0 spiro atoms. The normalized spacial score (nSPS) is 14.2. The summed E-state index contributed by atoms with van der Waals surface area (Å²) in [5.41, 5.74) is 4.18. The van der Waals surface area contributed by atoms with Crippen molar-refractivity contribution in [2.75, 3.05) is 18.6 Å². The fourth-order valence-corrected chi connectivity index (χ4v) is 2.34. The van der Waals surface area contributed by atoms with E-state index in [9.17, 15) is 18.7 Å². The zero-order valence-electron chi connectivity index (χ0n) is 9.95. The highest BCUT2D eigenvalue weighted by Gasteiger charge is 2.39. The number of hydrogen-bond donors (Lipinski definition) is 2. The minimum absolute atomic E-state index is 0.0732. The highest BCUT2D eigenvalue weighted by molar-refractivity contribution is 7.98. The van der Waals surface area contributed by atoms with Crippen LogP contribution in [0.4, 0.5) is 8.78 Å². The van der Waals surface area contributed by atoms with Gasteiger partial charge in [-0.25, -0.2) is 8.78 Å². The number of thioether (sulfide) groups is 1. The van der Waals surface area contributed by atoms with E-state index in [-0.39, 0.29) is 18.5 Å². The third kappa shape index (κ3) is 3.00.